The van der Waals surface area contributed by atoms with Gasteiger partial charge in [-0.3, -0.25) is 4.79 Å². The molecule has 0 radical (unpaired) electrons. The summed E-state index contributed by atoms with van der Waals surface area (Å²) >= 11 is 0. The third-order valence-corrected chi connectivity index (χ3v) is 7.33. The van der Waals surface area contributed by atoms with Crippen LogP contribution in [0.25, 0.3) is 0 Å². The monoisotopic (exact) mass is 532 g/mol. The highest BCUT2D eigenvalue weighted by Gasteiger charge is 2.30. The predicted molar refractivity (Wildman–Crippen MR) is 144 cm³/mol. The lowest BCUT2D eigenvalue weighted by Gasteiger charge is -2.32. The molecule has 0 spiro atoms. The summed E-state index contributed by atoms with van der Waals surface area (Å²) in [5.41, 5.74) is 6.36. The van der Waals surface area contributed by atoms with Crippen LogP contribution in [-0.2, 0) is 20.7 Å². The summed E-state index contributed by atoms with van der Waals surface area (Å²) in [6.45, 7) is 2.07. The van der Waals surface area contributed by atoms with Crippen molar-refractivity contribution >= 4 is 17.9 Å². The number of aliphatic carboxylic acids is 1. The van der Waals surface area contributed by atoms with Crippen molar-refractivity contribution in [1.29, 1.82) is 0 Å². The van der Waals surface area contributed by atoms with Gasteiger partial charge in [0.1, 0.15) is 17.8 Å². The average molecular weight is 533 g/mol. The molecular weight excluding hydrogens is 488 g/mol. The van der Waals surface area contributed by atoms with Crippen LogP contribution in [0.4, 0.5) is 4.79 Å². The molecule has 1 fully saturated rings. The number of carbonyl (C=O) groups excluding carboxylic acids is 2. The smallest absolute Gasteiger partial charge is 0.326 e. The van der Waals surface area contributed by atoms with Gasteiger partial charge in [-0.2, -0.15) is 0 Å². The molecule has 1 unspecified atom stereocenters. The van der Waals surface area contributed by atoms with Gasteiger partial charge >= 0.3 is 12.0 Å². The number of fused-ring (bicyclic) bond motifs is 13. The Balaban J connectivity index is 1.75. The number of nitrogens with two attached hydrogens (primary N) is 1. The van der Waals surface area contributed by atoms with Crippen molar-refractivity contribution in [1.82, 2.24) is 16.0 Å². The minimum atomic E-state index is -1.12. The Kier molecular flexibility index (Phi) is 12.7. The molecule has 0 saturated heterocycles. The molecule has 3 aliphatic rings. The number of carboxylic acid groups (broad SMARTS) is 1. The molecule has 2 bridgehead atoms. The van der Waals surface area contributed by atoms with Crippen LogP contribution in [0.15, 0.2) is 24.3 Å². The fourth-order valence-electron chi connectivity index (χ4n) is 5.10. The molecule has 10 nitrogen and oxygen atoms in total. The molecule has 0 aromatic heterocycles. The first-order chi connectivity index (χ1) is 18.5. The van der Waals surface area contributed by atoms with Gasteiger partial charge in [0.15, 0.2) is 0 Å². The number of ether oxygens (including phenoxy) is 2. The molecule has 1 aromatic carbocycles. The van der Waals surface area contributed by atoms with E-state index in [0.29, 0.717) is 45.1 Å². The molecular formula is C28H44N4O6. The van der Waals surface area contributed by atoms with Crippen molar-refractivity contribution in [2.45, 2.75) is 88.8 Å². The topological polar surface area (TPSA) is 152 Å². The van der Waals surface area contributed by atoms with Crippen LogP contribution < -0.4 is 26.4 Å². The van der Waals surface area contributed by atoms with E-state index in [4.69, 9.17) is 15.2 Å². The number of benzene rings is 1. The van der Waals surface area contributed by atoms with Crippen molar-refractivity contribution in [3.8, 4) is 5.75 Å². The molecule has 3 amide bonds. The van der Waals surface area contributed by atoms with Gasteiger partial charge < -0.3 is 36.3 Å². The number of unbranched alkanes of at least 4 members (excludes halogenated alkanes) is 1. The molecule has 2 heterocycles. The molecule has 1 saturated carbocycles. The van der Waals surface area contributed by atoms with Crippen LogP contribution in [0.3, 0.4) is 0 Å². The standard InChI is InChI=1S/C28H44N4O6/c29-15-5-4-10-23(27(34)35)31-28(36)32-24-18-20-11-13-22(14-12-20)38-17-7-6-16-37-19-25(30-26(24)33)21-8-2-1-3-9-21/h11-14,21,23-25H,1-10,15-19,29H2,(H,30,33)(H,34,35)(H2,31,32,36)/t23?,24-,25-/m1/s1. The molecule has 2 aliphatic heterocycles. The van der Waals surface area contributed by atoms with E-state index in [1.807, 2.05) is 24.3 Å². The highest BCUT2D eigenvalue weighted by molar-refractivity contribution is 5.89. The van der Waals surface area contributed by atoms with Crippen LogP contribution in [0.5, 0.6) is 5.75 Å². The number of carboxylic acids is 1. The molecule has 3 atom stereocenters. The molecule has 1 aromatic rings. The summed E-state index contributed by atoms with van der Waals surface area (Å²) in [5, 5.41) is 18.0. The Labute approximate surface area is 225 Å². The number of hydrogen-bond donors (Lipinski definition) is 5. The van der Waals surface area contributed by atoms with Gasteiger partial charge in [-0.05, 0) is 75.1 Å². The van der Waals surface area contributed by atoms with Crippen LogP contribution in [0.2, 0.25) is 0 Å². The Bertz CT molecular complexity index is 875. The van der Waals surface area contributed by atoms with Gasteiger partial charge in [-0.1, -0.05) is 31.4 Å². The zero-order valence-corrected chi connectivity index (χ0v) is 22.3. The molecule has 10 heteroatoms. The van der Waals surface area contributed by atoms with Crippen LogP contribution >= 0.6 is 0 Å². The zero-order valence-electron chi connectivity index (χ0n) is 22.3. The second kappa shape index (κ2) is 16.2. The lowest BCUT2D eigenvalue weighted by Crippen LogP contribution is -2.56. The van der Waals surface area contributed by atoms with E-state index in [0.717, 1.165) is 49.8 Å². The first-order valence-corrected chi connectivity index (χ1v) is 14.1. The van der Waals surface area contributed by atoms with E-state index in [-0.39, 0.29) is 24.8 Å². The first-order valence-electron chi connectivity index (χ1n) is 14.1. The highest BCUT2D eigenvalue weighted by atomic mass is 16.5. The average Bonchev–Trinajstić information content (AvgIpc) is 2.91. The van der Waals surface area contributed by atoms with Gasteiger partial charge in [0.2, 0.25) is 5.91 Å². The van der Waals surface area contributed by atoms with Crippen LogP contribution in [0.1, 0.15) is 69.8 Å². The van der Waals surface area contributed by atoms with E-state index < -0.39 is 24.1 Å². The maximum Gasteiger partial charge on any atom is 0.326 e. The Morgan fingerprint density at radius 3 is 2.50 bits per heavy atom. The minimum Gasteiger partial charge on any atom is -0.494 e. The molecule has 38 heavy (non-hydrogen) atoms. The third-order valence-electron chi connectivity index (χ3n) is 7.33. The molecule has 1 aliphatic carbocycles. The summed E-state index contributed by atoms with van der Waals surface area (Å²) < 4.78 is 11.8. The summed E-state index contributed by atoms with van der Waals surface area (Å²) in [4.78, 5) is 38.1. The number of nitrogens with one attached hydrogen (secondary N) is 3. The number of amides is 3. The minimum absolute atomic E-state index is 0.148. The van der Waals surface area contributed by atoms with Gasteiger partial charge in [0.05, 0.1) is 19.3 Å². The Morgan fingerprint density at radius 1 is 1.05 bits per heavy atom. The largest absolute Gasteiger partial charge is 0.494 e. The Morgan fingerprint density at radius 2 is 1.79 bits per heavy atom. The fourth-order valence-corrected chi connectivity index (χ4v) is 5.10. The SMILES string of the molecule is NCCCCC(NC(=O)N[C@@H]1Cc2ccc(cc2)OCCCCOC[C@H](C2CCCCC2)NC1=O)C(=O)O. The van der Waals surface area contributed by atoms with Crippen molar-refractivity contribution in [3.05, 3.63) is 29.8 Å². The second-order valence-electron chi connectivity index (χ2n) is 10.3. The third kappa shape index (κ3) is 10.1. The lowest BCUT2D eigenvalue weighted by atomic mass is 9.84. The molecule has 6 N–H and O–H groups in total. The Hall–Kier alpha value is -2.85. The normalized spacial score (nSPS) is 22.6. The maximum atomic E-state index is 13.6. The summed E-state index contributed by atoms with van der Waals surface area (Å²) in [6.07, 6.45) is 9.04. The first kappa shape index (κ1) is 29.7. The fraction of sp³-hybridized carbons (Fsp3) is 0.679. The van der Waals surface area contributed by atoms with Gasteiger partial charge in [-0.15, -0.1) is 0 Å². The van der Waals surface area contributed by atoms with Crippen molar-refractivity contribution in [3.63, 3.8) is 0 Å². The predicted octanol–water partition coefficient (Wildman–Crippen LogP) is 2.73. The number of urea groups is 1. The van der Waals surface area contributed by atoms with E-state index in [2.05, 4.69) is 16.0 Å². The van der Waals surface area contributed by atoms with E-state index in [9.17, 15) is 19.5 Å². The van der Waals surface area contributed by atoms with E-state index in [1.54, 1.807) is 0 Å². The van der Waals surface area contributed by atoms with Crippen molar-refractivity contribution in [2.75, 3.05) is 26.4 Å². The zero-order chi connectivity index (χ0) is 27.2. The van der Waals surface area contributed by atoms with E-state index >= 15 is 0 Å². The quantitative estimate of drug-likeness (QED) is 0.323. The van der Waals surface area contributed by atoms with Crippen LogP contribution in [-0.4, -0.2) is 67.5 Å². The second-order valence-corrected chi connectivity index (χ2v) is 10.3. The number of hydrogen-bond acceptors (Lipinski definition) is 6. The summed E-state index contributed by atoms with van der Waals surface area (Å²) in [6, 6.07) is 4.70. The highest BCUT2D eigenvalue weighted by Crippen LogP contribution is 2.27. The van der Waals surface area contributed by atoms with Gasteiger partial charge in [0.25, 0.3) is 0 Å². The lowest BCUT2D eigenvalue weighted by molar-refractivity contribution is -0.139. The number of carbonyl (C=O) groups is 3. The maximum absolute atomic E-state index is 13.6. The van der Waals surface area contributed by atoms with E-state index in [1.165, 1.54) is 6.42 Å². The van der Waals surface area contributed by atoms with Crippen molar-refractivity contribution < 1.29 is 29.0 Å². The summed E-state index contributed by atoms with van der Waals surface area (Å²) in [5.74, 6) is -0.360. The van der Waals surface area contributed by atoms with Gasteiger partial charge in [0, 0.05) is 13.0 Å². The van der Waals surface area contributed by atoms with Crippen LogP contribution in [0, 0.1) is 5.92 Å². The number of rotatable bonds is 8. The van der Waals surface area contributed by atoms with Gasteiger partial charge in [-0.25, -0.2) is 9.59 Å². The molecule has 4 rings (SSSR count). The molecule has 212 valence electrons. The summed E-state index contributed by atoms with van der Waals surface area (Å²) in [7, 11) is 0. The van der Waals surface area contributed by atoms with Crippen molar-refractivity contribution in [2.24, 2.45) is 11.7 Å².